The minimum atomic E-state index is -0.314. The lowest BCUT2D eigenvalue weighted by Gasteiger charge is -2.30. The number of aliphatic hydroxyl groups is 1. The van der Waals surface area contributed by atoms with Crippen molar-refractivity contribution >= 4 is 12.0 Å². The second kappa shape index (κ2) is 7.84. The molecular formula is C22H31N3O3. The lowest BCUT2D eigenvalue weighted by Crippen LogP contribution is -2.49. The van der Waals surface area contributed by atoms with Gasteiger partial charge < -0.3 is 15.0 Å². The van der Waals surface area contributed by atoms with E-state index in [1.54, 1.807) is 0 Å². The van der Waals surface area contributed by atoms with Crippen molar-refractivity contribution in [3.05, 3.63) is 39.8 Å². The van der Waals surface area contributed by atoms with Gasteiger partial charge in [-0.3, -0.25) is 14.5 Å². The quantitative estimate of drug-likeness (QED) is 0.750. The highest BCUT2D eigenvalue weighted by Gasteiger charge is 2.56. The van der Waals surface area contributed by atoms with Crippen LogP contribution in [0.25, 0.3) is 6.08 Å². The number of carbonyl (C=O) groups excluding carboxylic acids is 1. The SMILES string of the molecule is C/C=C/c1ccc2n(c1=O)C[C@@H]1[C@@H](CO)[C@H](C(=O)NCCC)N(CC3CC3)[C@H]21. The van der Waals surface area contributed by atoms with E-state index in [0.29, 0.717) is 24.6 Å². The molecule has 1 saturated heterocycles. The van der Waals surface area contributed by atoms with Crippen LogP contribution < -0.4 is 10.9 Å². The van der Waals surface area contributed by atoms with E-state index in [4.69, 9.17) is 0 Å². The van der Waals surface area contributed by atoms with Crippen molar-refractivity contribution in [2.24, 2.45) is 17.8 Å². The first-order valence-electron chi connectivity index (χ1n) is 10.6. The Labute approximate surface area is 166 Å². The van der Waals surface area contributed by atoms with Gasteiger partial charge in [0.25, 0.3) is 5.56 Å². The summed E-state index contributed by atoms with van der Waals surface area (Å²) in [7, 11) is 0. The summed E-state index contributed by atoms with van der Waals surface area (Å²) in [6.45, 7) is 6.02. The number of fused-ring (bicyclic) bond motifs is 3. The predicted octanol–water partition coefficient (Wildman–Crippen LogP) is 1.78. The Hall–Kier alpha value is -1.92. The van der Waals surface area contributed by atoms with Crippen LogP contribution in [0.3, 0.4) is 0 Å². The molecule has 1 aliphatic carbocycles. The smallest absolute Gasteiger partial charge is 0.258 e. The Morgan fingerprint density at radius 1 is 1.36 bits per heavy atom. The van der Waals surface area contributed by atoms with Crippen molar-refractivity contribution in [3.63, 3.8) is 0 Å². The first kappa shape index (κ1) is 19.4. The highest BCUT2D eigenvalue weighted by atomic mass is 16.3. The highest BCUT2D eigenvalue weighted by Crippen LogP contribution is 2.50. The van der Waals surface area contributed by atoms with E-state index in [1.165, 1.54) is 12.8 Å². The molecule has 6 nitrogen and oxygen atoms in total. The van der Waals surface area contributed by atoms with Gasteiger partial charge in [-0.25, -0.2) is 0 Å². The van der Waals surface area contributed by atoms with Crippen LogP contribution in [0.4, 0.5) is 0 Å². The van der Waals surface area contributed by atoms with Crippen molar-refractivity contribution in [1.29, 1.82) is 0 Å². The van der Waals surface area contributed by atoms with Gasteiger partial charge in [0.15, 0.2) is 0 Å². The maximum absolute atomic E-state index is 13.0. The molecule has 0 radical (unpaired) electrons. The average Bonchev–Trinajstić information content (AvgIpc) is 3.34. The van der Waals surface area contributed by atoms with Gasteiger partial charge >= 0.3 is 0 Å². The molecule has 0 unspecified atom stereocenters. The molecule has 2 aliphatic heterocycles. The molecule has 2 fully saturated rings. The maximum Gasteiger partial charge on any atom is 0.258 e. The summed E-state index contributed by atoms with van der Waals surface area (Å²) in [5.41, 5.74) is 1.71. The number of hydrogen-bond acceptors (Lipinski definition) is 4. The first-order valence-corrected chi connectivity index (χ1v) is 10.6. The van der Waals surface area contributed by atoms with E-state index in [2.05, 4.69) is 10.2 Å². The van der Waals surface area contributed by atoms with Crippen molar-refractivity contribution in [2.75, 3.05) is 19.7 Å². The van der Waals surface area contributed by atoms with Crippen molar-refractivity contribution in [1.82, 2.24) is 14.8 Å². The number of rotatable bonds is 7. The summed E-state index contributed by atoms with van der Waals surface area (Å²) in [4.78, 5) is 28.2. The van der Waals surface area contributed by atoms with E-state index in [1.807, 2.05) is 42.7 Å². The molecule has 0 aromatic carbocycles. The topological polar surface area (TPSA) is 74.6 Å². The Morgan fingerprint density at radius 2 is 2.14 bits per heavy atom. The number of amides is 1. The van der Waals surface area contributed by atoms with Crippen molar-refractivity contribution < 1.29 is 9.90 Å². The van der Waals surface area contributed by atoms with Crippen LogP contribution in [-0.2, 0) is 11.3 Å². The van der Waals surface area contributed by atoms with Crippen LogP contribution in [0.15, 0.2) is 23.0 Å². The van der Waals surface area contributed by atoms with Crippen molar-refractivity contribution in [3.8, 4) is 0 Å². The van der Waals surface area contributed by atoms with E-state index >= 15 is 0 Å². The number of pyridine rings is 1. The van der Waals surface area contributed by atoms with Crippen LogP contribution >= 0.6 is 0 Å². The largest absolute Gasteiger partial charge is 0.396 e. The number of nitrogens with zero attached hydrogens (tertiary/aromatic N) is 2. The third kappa shape index (κ3) is 3.22. The number of likely N-dealkylation sites (tertiary alicyclic amines) is 1. The predicted molar refractivity (Wildman–Crippen MR) is 109 cm³/mol. The van der Waals surface area contributed by atoms with Gasteiger partial charge in [0.2, 0.25) is 5.91 Å². The van der Waals surface area contributed by atoms with E-state index < -0.39 is 0 Å². The fourth-order valence-corrected chi connectivity index (χ4v) is 5.09. The molecule has 1 amide bonds. The Bertz CT molecular complexity index is 827. The molecule has 2 N–H and O–H groups in total. The minimum Gasteiger partial charge on any atom is -0.396 e. The van der Waals surface area contributed by atoms with Crippen LogP contribution in [0.1, 0.15) is 50.4 Å². The summed E-state index contributed by atoms with van der Waals surface area (Å²) in [5, 5.41) is 13.3. The number of aliphatic hydroxyl groups excluding tert-OH is 1. The zero-order valence-corrected chi connectivity index (χ0v) is 16.8. The van der Waals surface area contributed by atoms with Gasteiger partial charge in [-0.2, -0.15) is 0 Å². The Kier molecular flexibility index (Phi) is 5.43. The van der Waals surface area contributed by atoms with Gasteiger partial charge in [-0.1, -0.05) is 19.1 Å². The number of carbonyl (C=O) groups is 1. The number of hydrogen-bond donors (Lipinski definition) is 2. The van der Waals surface area contributed by atoms with E-state index in [0.717, 1.165) is 18.7 Å². The monoisotopic (exact) mass is 385 g/mol. The molecule has 4 rings (SSSR count). The lowest BCUT2D eigenvalue weighted by molar-refractivity contribution is -0.127. The fraction of sp³-hybridized carbons (Fsp3) is 0.636. The minimum absolute atomic E-state index is 0.0235. The van der Waals surface area contributed by atoms with Gasteiger partial charge in [0.1, 0.15) is 0 Å². The molecule has 6 heteroatoms. The average molecular weight is 386 g/mol. The third-order valence-electron chi connectivity index (χ3n) is 6.55. The molecule has 0 spiro atoms. The summed E-state index contributed by atoms with van der Waals surface area (Å²) < 4.78 is 1.87. The molecule has 4 atom stereocenters. The lowest BCUT2D eigenvalue weighted by atomic mass is 9.88. The molecule has 1 aromatic heterocycles. The first-order chi connectivity index (χ1) is 13.6. The van der Waals surface area contributed by atoms with Crippen LogP contribution in [0.2, 0.25) is 0 Å². The normalized spacial score (nSPS) is 29.2. The van der Waals surface area contributed by atoms with E-state index in [-0.39, 0.29) is 42.0 Å². The van der Waals surface area contributed by atoms with Crippen LogP contribution in [-0.4, -0.2) is 46.2 Å². The summed E-state index contributed by atoms with van der Waals surface area (Å²) in [5.74, 6) is 0.595. The highest BCUT2D eigenvalue weighted by molar-refractivity contribution is 5.82. The van der Waals surface area contributed by atoms with Gasteiger partial charge in [-0.05, 0) is 44.2 Å². The maximum atomic E-state index is 13.0. The summed E-state index contributed by atoms with van der Waals surface area (Å²) >= 11 is 0. The van der Waals surface area contributed by atoms with E-state index in [9.17, 15) is 14.7 Å². The molecule has 1 aromatic rings. The molecular weight excluding hydrogens is 354 g/mol. The number of aromatic nitrogens is 1. The second-order valence-electron chi connectivity index (χ2n) is 8.46. The second-order valence-corrected chi connectivity index (χ2v) is 8.46. The summed E-state index contributed by atoms with van der Waals surface area (Å²) in [6.07, 6.45) is 7.02. The van der Waals surface area contributed by atoms with Gasteiger partial charge in [0.05, 0.1) is 12.1 Å². The van der Waals surface area contributed by atoms with Crippen LogP contribution in [0, 0.1) is 17.8 Å². The molecule has 28 heavy (non-hydrogen) atoms. The molecule has 3 heterocycles. The molecule has 1 saturated carbocycles. The van der Waals surface area contributed by atoms with Gasteiger partial charge in [-0.15, -0.1) is 0 Å². The molecule has 3 aliphatic rings. The Morgan fingerprint density at radius 3 is 2.79 bits per heavy atom. The van der Waals surface area contributed by atoms with Gasteiger partial charge in [0, 0.05) is 49.3 Å². The molecule has 0 bridgehead atoms. The standard InChI is InChI=1S/C22H31N3O3/c1-3-5-15-8-9-18-19-16(12-24(18)22(15)28)17(13-26)20(21(27)23-10-4-2)25(19)11-14-6-7-14/h3,5,8-9,14,16-17,19-20,26H,4,6-7,10-13H2,1-2H3,(H,23,27)/b5-3+/t16-,17-,19+,20-/m1/s1. The van der Waals surface area contributed by atoms with Crippen LogP contribution in [0.5, 0.6) is 0 Å². The number of nitrogens with one attached hydrogen (secondary N) is 1. The zero-order chi connectivity index (χ0) is 19.8. The van der Waals surface area contributed by atoms with Crippen molar-refractivity contribution in [2.45, 2.75) is 51.7 Å². The summed E-state index contributed by atoms with van der Waals surface area (Å²) in [6, 6.07) is 3.65. The number of allylic oxidation sites excluding steroid dienone is 1. The fourth-order valence-electron chi connectivity index (χ4n) is 5.09. The zero-order valence-electron chi connectivity index (χ0n) is 16.8. The molecule has 152 valence electrons. The third-order valence-corrected chi connectivity index (χ3v) is 6.55. The Balaban J connectivity index is 1.72.